The van der Waals surface area contributed by atoms with E-state index >= 15 is 0 Å². The van der Waals surface area contributed by atoms with E-state index in [1.54, 1.807) is 4.68 Å². The number of hydrogen-bond acceptors (Lipinski definition) is 4. The van der Waals surface area contributed by atoms with Crippen molar-refractivity contribution < 1.29 is 31.1 Å². The Labute approximate surface area is 200 Å². The van der Waals surface area contributed by atoms with E-state index in [4.69, 9.17) is 0 Å². The van der Waals surface area contributed by atoms with Crippen LogP contribution >= 0.6 is 0 Å². The third-order valence-corrected chi connectivity index (χ3v) is 5.41. The minimum atomic E-state index is -5.93. The van der Waals surface area contributed by atoms with Gasteiger partial charge in [-0.2, -0.15) is 32.1 Å². The molecule has 7 nitrogen and oxygen atoms in total. The second-order valence-electron chi connectivity index (χ2n) is 8.16. The molecule has 0 aliphatic rings. The van der Waals surface area contributed by atoms with Crippen molar-refractivity contribution >= 4 is 11.6 Å². The van der Waals surface area contributed by atoms with Gasteiger partial charge in [0.05, 0.1) is 11.4 Å². The number of aryl methyl sites for hydroxylation is 3. The van der Waals surface area contributed by atoms with Gasteiger partial charge >= 0.3 is 12.1 Å². The van der Waals surface area contributed by atoms with Crippen molar-refractivity contribution in [3.63, 3.8) is 0 Å². The van der Waals surface area contributed by atoms with E-state index in [-0.39, 0.29) is 23.5 Å². The van der Waals surface area contributed by atoms with Gasteiger partial charge in [0.2, 0.25) is 0 Å². The van der Waals surface area contributed by atoms with E-state index in [0.29, 0.717) is 23.5 Å². The molecule has 4 rings (SSSR count). The second kappa shape index (κ2) is 9.28. The molecule has 13 heteroatoms. The van der Waals surface area contributed by atoms with Crippen LogP contribution in [-0.4, -0.2) is 43.0 Å². The number of alkyl halides is 5. The molecule has 0 unspecified atom stereocenters. The predicted molar refractivity (Wildman–Crippen MR) is 117 cm³/mol. The first-order valence-electron chi connectivity index (χ1n) is 10.8. The normalized spacial score (nSPS) is 12.3. The first kappa shape index (κ1) is 25.2. The summed E-state index contributed by atoms with van der Waals surface area (Å²) in [5.74, 6) is -6.69. The molecule has 0 saturated heterocycles. The van der Waals surface area contributed by atoms with E-state index in [0.717, 1.165) is 29.6 Å². The second-order valence-corrected chi connectivity index (χ2v) is 8.16. The molecular formula is C23H20F6N6O. The van der Waals surface area contributed by atoms with Crippen LogP contribution in [0, 0.1) is 19.7 Å². The molecule has 0 atom stereocenters. The molecular weight excluding hydrogens is 490 g/mol. The molecule has 0 saturated carbocycles. The number of carbonyl (C=O) groups is 1. The molecule has 0 spiro atoms. The van der Waals surface area contributed by atoms with Crippen molar-refractivity contribution in [1.82, 2.24) is 29.7 Å². The van der Waals surface area contributed by atoms with Gasteiger partial charge in [0.1, 0.15) is 11.5 Å². The number of rotatable bonds is 7. The summed E-state index contributed by atoms with van der Waals surface area (Å²) in [5.41, 5.74) is -0.677. The Morgan fingerprint density at radius 1 is 1.00 bits per heavy atom. The number of nitrogens with zero attached hydrogens (tertiary/aromatic N) is 5. The quantitative estimate of drug-likeness (QED) is 0.286. The van der Waals surface area contributed by atoms with Gasteiger partial charge < -0.3 is 5.32 Å². The summed E-state index contributed by atoms with van der Waals surface area (Å²) in [4.78, 5) is 16.6. The highest BCUT2D eigenvalue weighted by atomic mass is 19.4. The zero-order valence-corrected chi connectivity index (χ0v) is 19.1. The summed E-state index contributed by atoms with van der Waals surface area (Å²) in [5, 5.41) is 10.5. The van der Waals surface area contributed by atoms with Gasteiger partial charge in [0.15, 0.2) is 11.3 Å². The number of halogens is 6. The molecule has 0 aliphatic heterocycles. The summed E-state index contributed by atoms with van der Waals surface area (Å²) in [6, 6.07) is 7.86. The molecule has 0 fully saturated rings. The topological polar surface area (TPSA) is 77.1 Å². The number of nitrogens with one attached hydrogen (secondary N) is 1. The van der Waals surface area contributed by atoms with Crippen LogP contribution in [0.4, 0.5) is 26.3 Å². The summed E-state index contributed by atoms with van der Waals surface area (Å²) < 4.78 is 83.9. The van der Waals surface area contributed by atoms with Crippen molar-refractivity contribution in [2.75, 3.05) is 6.54 Å². The number of carbonyl (C=O) groups excluding carboxylic acids is 1. The molecule has 36 heavy (non-hydrogen) atoms. The fraction of sp³-hybridized carbons (Fsp3) is 0.304. The third-order valence-electron chi connectivity index (χ3n) is 5.41. The standard InChI is InChI=1S/C23H20F6N6O/c1-13-10-14(2)34(32-13)9-3-8-30-21(36)18-12-20-31-17(15-4-6-16(24)7-5-15)11-19(35(20)33-18)22(25,26)23(27,28)29/h4-7,10-12H,3,8-9H2,1-2H3,(H,30,36). The predicted octanol–water partition coefficient (Wildman–Crippen LogP) is 4.82. The van der Waals surface area contributed by atoms with Crippen LogP contribution in [0.15, 0.2) is 42.5 Å². The Hall–Kier alpha value is -3.90. The molecule has 1 N–H and O–H groups in total. The van der Waals surface area contributed by atoms with E-state index in [1.807, 2.05) is 19.9 Å². The average Bonchev–Trinajstić information content (AvgIpc) is 3.37. The highest BCUT2D eigenvalue weighted by Crippen LogP contribution is 2.44. The fourth-order valence-corrected chi connectivity index (χ4v) is 3.65. The van der Waals surface area contributed by atoms with Crippen LogP contribution in [0.25, 0.3) is 16.9 Å². The number of amides is 1. The van der Waals surface area contributed by atoms with Gasteiger partial charge in [-0.15, -0.1) is 0 Å². The highest BCUT2D eigenvalue weighted by Gasteiger charge is 2.60. The van der Waals surface area contributed by atoms with Gasteiger partial charge in [-0.25, -0.2) is 13.9 Å². The molecule has 190 valence electrons. The SMILES string of the molecule is Cc1cc(C)n(CCCNC(=O)c2cc3nc(-c4ccc(F)cc4)cc(C(F)(F)C(F)(F)F)n3n2)n1. The van der Waals surface area contributed by atoms with Crippen LogP contribution in [-0.2, 0) is 12.5 Å². The lowest BCUT2D eigenvalue weighted by Crippen LogP contribution is -2.36. The maximum Gasteiger partial charge on any atom is 0.459 e. The first-order chi connectivity index (χ1) is 16.9. The van der Waals surface area contributed by atoms with Crippen LogP contribution in [0.1, 0.15) is 34.0 Å². The molecule has 3 aromatic heterocycles. The molecule has 3 heterocycles. The Morgan fingerprint density at radius 3 is 2.31 bits per heavy atom. The minimum absolute atomic E-state index is 0.106. The number of hydrogen-bond donors (Lipinski definition) is 1. The van der Waals surface area contributed by atoms with Crippen molar-refractivity contribution in [3.8, 4) is 11.3 Å². The summed E-state index contributed by atoms with van der Waals surface area (Å²) >= 11 is 0. The zero-order chi connectivity index (χ0) is 26.3. The highest BCUT2D eigenvalue weighted by molar-refractivity contribution is 5.93. The van der Waals surface area contributed by atoms with Gasteiger partial charge in [-0.05, 0) is 56.7 Å². The molecule has 1 aromatic carbocycles. The van der Waals surface area contributed by atoms with Crippen LogP contribution < -0.4 is 5.32 Å². The van der Waals surface area contributed by atoms with E-state index < -0.39 is 35.2 Å². The van der Waals surface area contributed by atoms with Crippen LogP contribution in [0.5, 0.6) is 0 Å². The molecule has 0 radical (unpaired) electrons. The van der Waals surface area contributed by atoms with E-state index in [1.165, 1.54) is 12.1 Å². The van der Waals surface area contributed by atoms with E-state index in [2.05, 4.69) is 20.5 Å². The largest absolute Gasteiger partial charge is 0.459 e. The Morgan fingerprint density at radius 2 is 1.69 bits per heavy atom. The molecule has 0 bridgehead atoms. The number of fused-ring (bicyclic) bond motifs is 1. The fourth-order valence-electron chi connectivity index (χ4n) is 3.65. The van der Waals surface area contributed by atoms with Crippen LogP contribution in [0.2, 0.25) is 0 Å². The van der Waals surface area contributed by atoms with Crippen molar-refractivity contribution in [2.24, 2.45) is 0 Å². The molecule has 1 amide bonds. The maximum absolute atomic E-state index is 14.4. The van der Waals surface area contributed by atoms with Gasteiger partial charge in [-0.3, -0.25) is 9.48 Å². The minimum Gasteiger partial charge on any atom is -0.351 e. The third kappa shape index (κ3) is 4.90. The number of benzene rings is 1. The van der Waals surface area contributed by atoms with Crippen molar-refractivity contribution in [3.05, 3.63) is 71.1 Å². The average molecular weight is 510 g/mol. The zero-order valence-electron chi connectivity index (χ0n) is 19.1. The molecule has 0 aliphatic carbocycles. The first-order valence-corrected chi connectivity index (χ1v) is 10.8. The Bertz CT molecular complexity index is 1410. The van der Waals surface area contributed by atoms with Gasteiger partial charge in [-0.1, -0.05) is 0 Å². The monoisotopic (exact) mass is 510 g/mol. The van der Waals surface area contributed by atoms with Gasteiger partial charge in [0, 0.05) is 30.4 Å². The van der Waals surface area contributed by atoms with Crippen molar-refractivity contribution in [2.45, 2.75) is 38.9 Å². The summed E-state index contributed by atoms with van der Waals surface area (Å²) in [6.07, 6.45) is -5.44. The lowest BCUT2D eigenvalue weighted by Gasteiger charge is -2.21. The number of aromatic nitrogens is 5. The lowest BCUT2D eigenvalue weighted by molar-refractivity contribution is -0.291. The van der Waals surface area contributed by atoms with E-state index in [9.17, 15) is 31.1 Å². The Balaban J connectivity index is 1.63. The van der Waals surface area contributed by atoms with Crippen molar-refractivity contribution in [1.29, 1.82) is 0 Å². The Kier molecular flexibility index (Phi) is 6.50. The van der Waals surface area contributed by atoms with Crippen LogP contribution in [0.3, 0.4) is 0 Å². The molecule has 4 aromatic rings. The summed E-state index contributed by atoms with van der Waals surface area (Å²) in [7, 11) is 0. The lowest BCUT2D eigenvalue weighted by atomic mass is 10.1. The smallest absolute Gasteiger partial charge is 0.351 e. The van der Waals surface area contributed by atoms with Gasteiger partial charge in [0.25, 0.3) is 5.91 Å². The summed E-state index contributed by atoms with van der Waals surface area (Å²) in [6.45, 7) is 4.43. The maximum atomic E-state index is 14.4.